The topological polar surface area (TPSA) is 86.7 Å². The van der Waals surface area contributed by atoms with Crippen molar-refractivity contribution in [2.75, 3.05) is 16.8 Å². The second-order valence-electron chi connectivity index (χ2n) is 6.35. The molecule has 136 valence electrons. The standard InChI is InChI=1S/C19H20N2O4S/c1-3-14-9-15(19(24)25)18(26-14)20-17(23)12-8-16(22)21(10-12)13-6-4-5-11(2)7-13/h4-7,9,12H,3,8,10H2,1-2H3,(H,20,23)(H,24,25). The Labute approximate surface area is 155 Å². The Bertz CT molecular complexity index is 874. The zero-order valence-electron chi connectivity index (χ0n) is 14.6. The molecule has 26 heavy (non-hydrogen) atoms. The van der Waals surface area contributed by atoms with E-state index >= 15 is 0 Å². The molecule has 1 aliphatic heterocycles. The first-order valence-electron chi connectivity index (χ1n) is 8.43. The van der Waals surface area contributed by atoms with Crippen molar-refractivity contribution in [1.29, 1.82) is 0 Å². The molecule has 0 bridgehead atoms. The van der Waals surface area contributed by atoms with E-state index in [1.807, 2.05) is 38.1 Å². The molecule has 0 spiro atoms. The fraction of sp³-hybridized carbons (Fsp3) is 0.316. The van der Waals surface area contributed by atoms with Gasteiger partial charge < -0.3 is 15.3 Å². The van der Waals surface area contributed by atoms with E-state index in [0.717, 1.165) is 16.1 Å². The number of anilines is 2. The number of carboxylic acid groups (broad SMARTS) is 1. The van der Waals surface area contributed by atoms with Crippen molar-refractivity contribution in [1.82, 2.24) is 0 Å². The van der Waals surface area contributed by atoms with Gasteiger partial charge in [-0.3, -0.25) is 9.59 Å². The van der Waals surface area contributed by atoms with Gasteiger partial charge in [0.1, 0.15) is 5.00 Å². The van der Waals surface area contributed by atoms with Crippen LogP contribution in [-0.4, -0.2) is 29.4 Å². The van der Waals surface area contributed by atoms with Crippen LogP contribution in [0.2, 0.25) is 0 Å². The van der Waals surface area contributed by atoms with Crippen LogP contribution in [0.15, 0.2) is 30.3 Å². The number of nitrogens with zero attached hydrogens (tertiary/aromatic N) is 1. The molecule has 1 atom stereocenters. The molecule has 0 aliphatic carbocycles. The fourth-order valence-corrected chi connectivity index (χ4v) is 4.00. The number of carboxylic acids is 1. The van der Waals surface area contributed by atoms with Gasteiger partial charge in [0.25, 0.3) is 0 Å². The van der Waals surface area contributed by atoms with E-state index in [-0.39, 0.29) is 23.8 Å². The van der Waals surface area contributed by atoms with E-state index in [2.05, 4.69) is 5.32 Å². The second kappa shape index (κ2) is 7.29. The van der Waals surface area contributed by atoms with Crippen molar-refractivity contribution in [3.8, 4) is 0 Å². The molecule has 6 nitrogen and oxygen atoms in total. The Hall–Kier alpha value is -2.67. The molecule has 1 aliphatic rings. The number of carbonyl (C=O) groups is 3. The molecule has 2 N–H and O–H groups in total. The molecule has 2 aromatic rings. The molecule has 2 heterocycles. The van der Waals surface area contributed by atoms with E-state index < -0.39 is 11.9 Å². The summed E-state index contributed by atoms with van der Waals surface area (Å²) in [6.45, 7) is 4.17. The van der Waals surface area contributed by atoms with Gasteiger partial charge in [-0.25, -0.2) is 4.79 Å². The Morgan fingerprint density at radius 1 is 1.35 bits per heavy atom. The van der Waals surface area contributed by atoms with Gasteiger partial charge in [-0.05, 0) is 37.1 Å². The number of nitrogens with one attached hydrogen (secondary N) is 1. The molecule has 1 fully saturated rings. The van der Waals surface area contributed by atoms with Gasteiger partial charge in [0.05, 0.1) is 11.5 Å². The highest BCUT2D eigenvalue weighted by Gasteiger charge is 2.35. The maximum Gasteiger partial charge on any atom is 0.338 e. The van der Waals surface area contributed by atoms with Crippen LogP contribution in [0.25, 0.3) is 0 Å². The lowest BCUT2D eigenvalue weighted by atomic mass is 10.1. The maximum absolute atomic E-state index is 12.6. The van der Waals surface area contributed by atoms with Gasteiger partial charge >= 0.3 is 5.97 Å². The minimum atomic E-state index is -1.07. The van der Waals surface area contributed by atoms with Crippen LogP contribution in [-0.2, 0) is 16.0 Å². The highest BCUT2D eigenvalue weighted by Crippen LogP contribution is 2.31. The second-order valence-corrected chi connectivity index (χ2v) is 7.48. The van der Waals surface area contributed by atoms with Crippen molar-refractivity contribution in [2.45, 2.75) is 26.7 Å². The fourth-order valence-electron chi connectivity index (χ4n) is 3.01. The SMILES string of the molecule is CCc1cc(C(=O)O)c(NC(=O)C2CC(=O)N(c3cccc(C)c3)C2)s1. The molecule has 0 radical (unpaired) electrons. The number of amides is 2. The van der Waals surface area contributed by atoms with Crippen LogP contribution in [0.4, 0.5) is 10.7 Å². The molecule has 0 saturated carbocycles. The summed E-state index contributed by atoms with van der Waals surface area (Å²) in [5.41, 5.74) is 1.92. The average molecular weight is 372 g/mol. The quantitative estimate of drug-likeness (QED) is 0.843. The summed E-state index contributed by atoms with van der Waals surface area (Å²) < 4.78 is 0. The molecule has 7 heteroatoms. The minimum absolute atomic E-state index is 0.0973. The molecule has 1 unspecified atom stereocenters. The van der Waals surface area contributed by atoms with Crippen molar-refractivity contribution in [3.05, 3.63) is 46.3 Å². The lowest BCUT2D eigenvalue weighted by Crippen LogP contribution is -2.28. The third kappa shape index (κ3) is 3.62. The third-order valence-corrected chi connectivity index (χ3v) is 5.60. The van der Waals surface area contributed by atoms with Crippen molar-refractivity contribution in [2.24, 2.45) is 5.92 Å². The molecular formula is C19H20N2O4S. The Kier molecular flexibility index (Phi) is 5.08. The van der Waals surface area contributed by atoms with E-state index in [1.54, 1.807) is 11.0 Å². The number of hydrogen-bond donors (Lipinski definition) is 2. The Balaban J connectivity index is 1.75. The van der Waals surface area contributed by atoms with Gasteiger partial charge in [-0.2, -0.15) is 0 Å². The van der Waals surface area contributed by atoms with Gasteiger partial charge in [0.2, 0.25) is 11.8 Å². The first kappa shape index (κ1) is 18.1. The molecular weight excluding hydrogens is 352 g/mol. The Morgan fingerprint density at radius 2 is 2.12 bits per heavy atom. The van der Waals surface area contributed by atoms with Crippen LogP contribution in [0.1, 0.15) is 34.1 Å². The molecule has 2 amide bonds. The number of thiophene rings is 1. The van der Waals surface area contributed by atoms with Gasteiger partial charge in [0, 0.05) is 23.5 Å². The first-order chi connectivity index (χ1) is 12.4. The largest absolute Gasteiger partial charge is 0.478 e. The first-order valence-corrected chi connectivity index (χ1v) is 9.24. The van der Waals surface area contributed by atoms with Crippen molar-refractivity contribution >= 4 is 39.8 Å². The zero-order chi connectivity index (χ0) is 18.8. The van der Waals surface area contributed by atoms with Gasteiger partial charge in [0.15, 0.2) is 0 Å². The highest BCUT2D eigenvalue weighted by atomic mass is 32.1. The van der Waals surface area contributed by atoms with Crippen molar-refractivity contribution < 1.29 is 19.5 Å². The monoisotopic (exact) mass is 372 g/mol. The summed E-state index contributed by atoms with van der Waals surface area (Å²) >= 11 is 1.26. The zero-order valence-corrected chi connectivity index (χ0v) is 15.4. The van der Waals surface area contributed by atoms with Crippen LogP contribution in [0.3, 0.4) is 0 Å². The van der Waals surface area contributed by atoms with E-state index in [0.29, 0.717) is 18.0 Å². The normalized spacial score (nSPS) is 16.8. The van der Waals surface area contributed by atoms with E-state index in [1.165, 1.54) is 11.3 Å². The number of hydrogen-bond acceptors (Lipinski definition) is 4. The molecule has 3 rings (SSSR count). The summed E-state index contributed by atoms with van der Waals surface area (Å²) in [5.74, 6) is -1.99. The maximum atomic E-state index is 12.6. The van der Waals surface area contributed by atoms with Crippen LogP contribution >= 0.6 is 11.3 Å². The molecule has 1 aromatic heterocycles. The van der Waals surface area contributed by atoms with Crippen LogP contribution in [0.5, 0.6) is 0 Å². The van der Waals surface area contributed by atoms with Crippen LogP contribution < -0.4 is 10.2 Å². The molecule has 1 aromatic carbocycles. The predicted octanol–water partition coefficient (Wildman–Crippen LogP) is 3.31. The highest BCUT2D eigenvalue weighted by molar-refractivity contribution is 7.16. The number of benzene rings is 1. The minimum Gasteiger partial charge on any atom is -0.478 e. The van der Waals surface area contributed by atoms with Crippen molar-refractivity contribution in [3.63, 3.8) is 0 Å². The van der Waals surface area contributed by atoms with Gasteiger partial charge in [-0.15, -0.1) is 11.3 Å². The summed E-state index contributed by atoms with van der Waals surface area (Å²) in [7, 11) is 0. The van der Waals surface area contributed by atoms with E-state index in [9.17, 15) is 19.5 Å². The summed E-state index contributed by atoms with van der Waals surface area (Å²) in [5, 5.41) is 12.4. The van der Waals surface area contributed by atoms with E-state index in [4.69, 9.17) is 0 Å². The van der Waals surface area contributed by atoms with Gasteiger partial charge in [-0.1, -0.05) is 19.1 Å². The van der Waals surface area contributed by atoms with Crippen LogP contribution in [0, 0.1) is 12.8 Å². The average Bonchev–Trinajstić information content (AvgIpc) is 3.18. The number of aryl methyl sites for hydroxylation is 2. The lowest BCUT2D eigenvalue weighted by Gasteiger charge is -2.17. The lowest BCUT2D eigenvalue weighted by molar-refractivity contribution is -0.122. The number of rotatable bonds is 5. The summed E-state index contributed by atoms with van der Waals surface area (Å²) in [6, 6.07) is 9.17. The number of carbonyl (C=O) groups excluding carboxylic acids is 2. The smallest absolute Gasteiger partial charge is 0.338 e. The number of aromatic carboxylic acids is 1. The third-order valence-electron chi connectivity index (χ3n) is 4.41. The molecule has 1 saturated heterocycles. The predicted molar refractivity (Wildman–Crippen MR) is 101 cm³/mol. The summed E-state index contributed by atoms with van der Waals surface area (Å²) in [4.78, 5) is 38.8. The Morgan fingerprint density at radius 3 is 2.77 bits per heavy atom. The summed E-state index contributed by atoms with van der Waals surface area (Å²) in [6.07, 6.45) is 0.818.